The van der Waals surface area contributed by atoms with E-state index in [2.05, 4.69) is 25.8 Å². The molecule has 0 spiro atoms. The van der Waals surface area contributed by atoms with Crippen LogP contribution in [0.3, 0.4) is 0 Å². The fraction of sp³-hybridized carbons (Fsp3) is 0.667. The highest BCUT2D eigenvalue weighted by Crippen LogP contribution is 2.54. The molecule has 3 heteroatoms. The Labute approximate surface area is 72.3 Å². The molecule has 0 aromatic carbocycles. The van der Waals surface area contributed by atoms with Gasteiger partial charge in [-0.15, -0.1) is 0 Å². The van der Waals surface area contributed by atoms with Crippen LogP contribution < -0.4 is 5.73 Å². The van der Waals surface area contributed by atoms with Gasteiger partial charge in [0.25, 0.3) is 6.02 Å². The van der Waals surface area contributed by atoms with E-state index in [9.17, 15) is 0 Å². The van der Waals surface area contributed by atoms with E-state index in [1.54, 1.807) is 0 Å². The zero-order chi connectivity index (χ0) is 9.15. The van der Waals surface area contributed by atoms with E-state index < -0.39 is 0 Å². The first-order chi connectivity index (χ1) is 5.42. The van der Waals surface area contributed by atoms with Crippen molar-refractivity contribution in [2.45, 2.75) is 38.8 Å². The molecule has 2 atom stereocenters. The Bertz CT molecular complexity index is 318. The van der Waals surface area contributed by atoms with E-state index >= 15 is 0 Å². The largest absolute Gasteiger partial charge is 0.452 e. The number of ether oxygens (including phenoxy) is 1. The van der Waals surface area contributed by atoms with E-state index in [0.29, 0.717) is 6.02 Å². The Balaban J connectivity index is 2.53. The van der Waals surface area contributed by atoms with Crippen molar-refractivity contribution < 1.29 is 4.74 Å². The van der Waals surface area contributed by atoms with Crippen molar-refractivity contribution in [3.63, 3.8) is 0 Å². The molecule has 0 saturated carbocycles. The second kappa shape index (κ2) is 1.68. The summed E-state index contributed by atoms with van der Waals surface area (Å²) >= 11 is 0. The number of fused-ring (bicyclic) bond motifs is 1. The van der Waals surface area contributed by atoms with Crippen molar-refractivity contribution in [1.29, 1.82) is 0 Å². The van der Waals surface area contributed by atoms with Crippen LogP contribution in [0.15, 0.2) is 16.1 Å². The molecule has 0 fully saturated rings. The maximum Gasteiger partial charge on any atom is 0.283 e. The molecule has 2 rings (SSSR count). The number of hydrogen-bond donors (Lipinski definition) is 1. The quantitative estimate of drug-likeness (QED) is 0.550. The maximum atomic E-state index is 5.55. The summed E-state index contributed by atoms with van der Waals surface area (Å²) in [5.41, 5.74) is 7.61. The van der Waals surface area contributed by atoms with Crippen molar-refractivity contribution in [3.8, 4) is 0 Å². The van der Waals surface area contributed by atoms with Crippen LogP contribution in [0.5, 0.6) is 0 Å². The highest BCUT2D eigenvalue weighted by Gasteiger charge is 2.62. The molecular weight excluding hydrogens is 152 g/mol. The summed E-state index contributed by atoms with van der Waals surface area (Å²) in [7, 11) is 0. The zero-order valence-corrected chi connectivity index (χ0v) is 7.93. The van der Waals surface area contributed by atoms with Crippen molar-refractivity contribution in [2.75, 3.05) is 0 Å². The van der Waals surface area contributed by atoms with Crippen LogP contribution in [0.25, 0.3) is 0 Å². The normalized spacial score (nSPS) is 44.8. The molecule has 2 aliphatic rings. The predicted octanol–water partition coefficient (Wildman–Crippen LogP) is 1.20. The van der Waals surface area contributed by atoms with Gasteiger partial charge in [0.15, 0.2) is 5.60 Å². The molecule has 0 aromatic rings. The topological polar surface area (TPSA) is 47.6 Å². The molecule has 2 unspecified atom stereocenters. The van der Waals surface area contributed by atoms with E-state index in [4.69, 9.17) is 10.5 Å². The second-order valence-corrected chi connectivity index (χ2v) is 3.91. The highest BCUT2D eigenvalue weighted by atomic mass is 16.5. The molecule has 12 heavy (non-hydrogen) atoms. The smallest absolute Gasteiger partial charge is 0.283 e. The summed E-state index contributed by atoms with van der Waals surface area (Å²) in [5, 5.41) is 0. The average Bonchev–Trinajstić information content (AvgIpc) is 2.20. The first-order valence-corrected chi connectivity index (χ1v) is 4.14. The van der Waals surface area contributed by atoms with Crippen molar-refractivity contribution >= 4 is 6.02 Å². The van der Waals surface area contributed by atoms with Gasteiger partial charge in [0.2, 0.25) is 0 Å². The van der Waals surface area contributed by atoms with Crippen molar-refractivity contribution in [3.05, 3.63) is 11.1 Å². The minimum Gasteiger partial charge on any atom is -0.452 e. The summed E-state index contributed by atoms with van der Waals surface area (Å²) in [6.45, 7) is 8.27. The van der Waals surface area contributed by atoms with Gasteiger partial charge in [-0.05, 0) is 38.8 Å². The van der Waals surface area contributed by atoms with Crippen molar-refractivity contribution in [1.82, 2.24) is 0 Å². The molecule has 0 radical (unpaired) electrons. The Hall–Kier alpha value is -0.990. The number of amidine groups is 1. The van der Waals surface area contributed by atoms with Crippen LogP contribution in [-0.2, 0) is 4.74 Å². The molecule has 0 saturated heterocycles. The number of aliphatic imine (C=N–C) groups is 1. The lowest BCUT2D eigenvalue weighted by Crippen LogP contribution is -2.57. The molecule has 1 heterocycles. The number of nitrogens with two attached hydrogens (primary N) is 1. The van der Waals surface area contributed by atoms with E-state index in [-0.39, 0.29) is 11.1 Å². The monoisotopic (exact) mass is 166 g/mol. The van der Waals surface area contributed by atoms with Crippen molar-refractivity contribution in [2.24, 2.45) is 10.7 Å². The fourth-order valence-electron chi connectivity index (χ4n) is 2.20. The molecule has 1 aliphatic heterocycles. The lowest BCUT2D eigenvalue weighted by molar-refractivity contribution is 0.0552. The van der Waals surface area contributed by atoms with Gasteiger partial charge in [0.05, 0.1) is 0 Å². The van der Waals surface area contributed by atoms with Gasteiger partial charge in [-0.1, -0.05) is 0 Å². The van der Waals surface area contributed by atoms with Gasteiger partial charge in [-0.3, -0.25) is 0 Å². The summed E-state index contributed by atoms with van der Waals surface area (Å²) in [5.74, 6) is 0. The predicted molar refractivity (Wildman–Crippen MR) is 47.9 cm³/mol. The summed E-state index contributed by atoms with van der Waals surface area (Å²) in [6.07, 6.45) is 0. The third-order valence-electron chi connectivity index (χ3n) is 3.58. The van der Waals surface area contributed by atoms with Crippen LogP contribution in [0.2, 0.25) is 0 Å². The number of rotatable bonds is 0. The van der Waals surface area contributed by atoms with Gasteiger partial charge in [0.1, 0.15) is 5.54 Å². The van der Waals surface area contributed by atoms with Gasteiger partial charge < -0.3 is 10.5 Å². The van der Waals surface area contributed by atoms with Gasteiger partial charge >= 0.3 is 0 Å². The SMILES string of the molecule is CC1=C(C)C2(C)OC(N)=NC12C. The third kappa shape index (κ3) is 0.500. The maximum absolute atomic E-state index is 5.55. The van der Waals surface area contributed by atoms with Crippen LogP contribution in [-0.4, -0.2) is 17.2 Å². The molecule has 0 amide bonds. The van der Waals surface area contributed by atoms with Gasteiger partial charge in [0, 0.05) is 0 Å². The Kier molecular flexibility index (Phi) is 1.07. The summed E-state index contributed by atoms with van der Waals surface area (Å²) in [6, 6.07) is 0.316. The van der Waals surface area contributed by atoms with Crippen LogP contribution in [0.4, 0.5) is 0 Å². The zero-order valence-electron chi connectivity index (χ0n) is 7.93. The van der Waals surface area contributed by atoms with Gasteiger partial charge in [-0.2, -0.15) is 0 Å². The van der Waals surface area contributed by atoms with Crippen LogP contribution >= 0.6 is 0 Å². The molecule has 2 N–H and O–H groups in total. The van der Waals surface area contributed by atoms with Crippen LogP contribution in [0, 0.1) is 0 Å². The summed E-state index contributed by atoms with van der Waals surface area (Å²) < 4.78 is 5.50. The van der Waals surface area contributed by atoms with Gasteiger partial charge in [-0.25, -0.2) is 4.99 Å². The standard InChI is InChI=1S/C9H14N2O/c1-5-6(2)9(4)8(5,3)11-7(10)12-9/h1-4H3,(H2,10,11). The Morgan fingerprint density at radius 2 is 1.83 bits per heavy atom. The minimum absolute atomic E-state index is 0.207. The number of hydrogen-bond acceptors (Lipinski definition) is 3. The van der Waals surface area contributed by atoms with E-state index in [0.717, 1.165) is 0 Å². The molecule has 1 aliphatic carbocycles. The molecule has 3 nitrogen and oxygen atoms in total. The average molecular weight is 166 g/mol. The molecule has 0 bridgehead atoms. The van der Waals surface area contributed by atoms with E-state index in [1.165, 1.54) is 11.1 Å². The first kappa shape index (κ1) is 7.65. The lowest BCUT2D eigenvalue weighted by atomic mass is 9.62. The minimum atomic E-state index is -0.277. The summed E-state index contributed by atoms with van der Waals surface area (Å²) in [4.78, 5) is 4.31. The third-order valence-corrected chi connectivity index (χ3v) is 3.58. The second-order valence-electron chi connectivity index (χ2n) is 3.91. The Morgan fingerprint density at radius 3 is 2.33 bits per heavy atom. The highest BCUT2D eigenvalue weighted by molar-refractivity contribution is 5.79. The number of nitrogens with zero attached hydrogens (tertiary/aromatic N) is 1. The first-order valence-electron chi connectivity index (χ1n) is 4.14. The lowest BCUT2D eigenvalue weighted by Gasteiger charge is -2.49. The molecular formula is C9H14N2O. The molecule has 66 valence electrons. The molecule has 0 aromatic heterocycles. The fourth-order valence-corrected chi connectivity index (χ4v) is 2.20. The van der Waals surface area contributed by atoms with Crippen LogP contribution in [0.1, 0.15) is 27.7 Å². The van der Waals surface area contributed by atoms with E-state index in [1.807, 2.05) is 6.92 Å². The Morgan fingerprint density at radius 1 is 1.25 bits per heavy atom.